The van der Waals surface area contributed by atoms with Crippen LogP contribution in [-0.2, 0) is 11.4 Å². The smallest absolute Gasteiger partial charge is 0.255 e. The Morgan fingerprint density at radius 1 is 1.06 bits per heavy atom. The second-order valence-corrected chi connectivity index (χ2v) is 8.63. The number of halogens is 1. The molecule has 0 aliphatic carbocycles. The topological polar surface area (TPSA) is 90.3 Å². The summed E-state index contributed by atoms with van der Waals surface area (Å²) in [4.78, 5) is 17.8. The molecule has 0 saturated carbocycles. The number of rotatable bonds is 7. The van der Waals surface area contributed by atoms with Crippen LogP contribution < -0.4 is 20.1 Å². The molecular formula is C27H24ClN5O3. The number of hydrogen-bond donors (Lipinski definition) is 2. The van der Waals surface area contributed by atoms with E-state index in [0.29, 0.717) is 46.0 Å². The van der Waals surface area contributed by atoms with Gasteiger partial charge in [0.1, 0.15) is 30.5 Å². The molecule has 1 aromatic heterocycles. The van der Waals surface area contributed by atoms with E-state index < -0.39 is 6.04 Å². The fourth-order valence-electron chi connectivity index (χ4n) is 4.09. The average molecular weight is 502 g/mol. The summed E-state index contributed by atoms with van der Waals surface area (Å²) in [6.45, 7) is 2.21. The third-order valence-corrected chi connectivity index (χ3v) is 6.30. The van der Waals surface area contributed by atoms with Gasteiger partial charge in [0.25, 0.3) is 5.91 Å². The highest BCUT2D eigenvalue weighted by Crippen LogP contribution is 2.36. The van der Waals surface area contributed by atoms with Crippen molar-refractivity contribution in [2.24, 2.45) is 0 Å². The molecule has 2 heterocycles. The SMILES string of the molecule is COc1ccc(NC(=O)C2=C(C)Nc3ncnn3[C@@H]2c2ccc(OCc3ccccc3Cl)cc2)cc1. The number of methoxy groups -OCH3 is 1. The van der Waals surface area contributed by atoms with Gasteiger partial charge in [0.15, 0.2) is 0 Å². The van der Waals surface area contributed by atoms with Gasteiger partial charge in [0, 0.05) is 22.0 Å². The highest BCUT2D eigenvalue weighted by atomic mass is 35.5. The second kappa shape index (κ2) is 10.1. The number of aromatic nitrogens is 3. The van der Waals surface area contributed by atoms with Gasteiger partial charge in [-0.3, -0.25) is 4.79 Å². The summed E-state index contributed by atoms with van der Waals surface area (Å²) in [7, 11) is 1.60. The van der Waals surface area contributed by atoms with Crippen LogP contribution in [0, 0.1) is 0 Å². The molecule has 1 aliphatic heterocycles. The number of allylic oxidation sites excluding steroid dienone is 1. The van der Waals surface area contributed by atoms with Crippen LogP contribution in [0.25, 0.3) is 0 Å². The Morgan fingerprint density at radius 3 is 2.50 bits per heavy atom. The van der Waals surface area contributed by atoms with E-state index >= 15 is 0 Å². The quantitative estimate of drug-likeness (QED) is 0.350. The number of nitrogens with one attached hydrogen (secondary N) is 2. The summed E-state index contributed by atoms with van der Waals surface area (Å²) in [5.41, 5.74) is 3.67. The number of amides is 1. The number of carbonyl (C=O) groups excluding carboxylic acids is 1. The van der Waals surface area contributed by atoms with E-state index in [0.717, 1.165) is 11.1 Å². The third kappa shape index (κ3) is 4.76. The molecule has 2 N–H and O–H groups in total. The molecule has 182 valence electrons. The van der Waals surface area contributed by atoms with Crippen LogP contribution in [-0.4, -0.2) is 27.8 Å². The number of hydrogen-bond acceptors (Lipinski definition) is 6. The lowest BCUT2D eigenvalue weighted by Crippen LogP contribution is -2.31. The molecule has 0 spiro atoms. The largest absolute Gasteiger partial charge is 0.497 e. The van der Waals surface area contributed by atoms with E-state index in [1.54, 1.807) is 36.1 Å². The zero-order valence-corrected chi connectivity index (χ0v) is 20.5. The van der Waals surface area contributed by atoms with Crippen LogP contribution >= 0.6 is 11.6 Å². The molecule has 4 aromatic rings. The van der Waals surface area contributed by atoms with Gasteiger partial charge in [-0.2, -0.15) is 10.1 Å². The molecule has 0 unspecified atom stereocenters. The van der Waals surface area contributed by atoms with E-state index in [-0.39, 0.29) is 5.91 Å². The van der Waals surface area contributed by atoms with Crippen LogP contribution in [0.1, 0.15) is 24.1 Å². The Balaban J connectivity index is 1.40. The first-order valence-electron chi connectivity index (χ1n) is 11.3. The van der Waals surface area contributed by atoms with Crippen molar-refractivity contribution in [3.8, 4) is 11.5 Å². The number of nitrogens with zero attached hydrogens (tertiary/aromatic N) is 3. The van der Waals surface area contributed by atoms with Crippen molar-refractivity contribution in [2.45, 2.75) is 19.6 Å². The molecule has 9 heteroatoms. The van der Waals surface area contributed by atoms with Crippen molar-refractivity contribution < 1.29 is 14.3 Å². The number of fused-ring (bicyclic) bond motifs is 1. The zero-order chi connectivity index (χ0) is 25.1. The number of anilines is 2. The monoisotopic (exact) mass is 501 g/mol. The van der Waals surface area contributed by atoms with Gasteiger partial charge in [-0.15, -0.1) is 0 Å². The molecule has 5 rings (SSSR count). The van der Waals surface area contributed by atoms with Crippen molar-refractivity contribution in [1.82, 2.24) is 14.8 Å². The van der Waals surface area contributed by atoms with Crippen molar-refractivity contribution in [2.75, 3.05) is 17.7 Å². The fraction of sp³-hybridized carbons (Fsp3) is 0.148. The Kier molecular flexibility index (Phi) is 6.60. The van der Waals surface area contributed by atoms with Crippen LogP contribution in [0.4, 0.5) is 11.6 Å². The minimum absolute atomic E-state index is 0.240. The maximum Gasteiger partial charge on any atom is 0.255 e. The lowest BCUT2D eigenvalue weighted by Gasteiger charge is -2.28. The van der Waals surface area contributed by atoms with Crippen LogP contribution in [0.3, 0.4) is 0 Å². The predicted molar refractivity (Wildman–Crippen MR) is 138 cm³/mol. The normalized spacial score (nSPS) is 14.6. The van der Waals surface area contributed by atoms with Crippen LogP contribution in [0.2, 0.25) is 5.02 Å². The minimum Gasteiger partial charge on any atom is -0.497 e. The highest BCUT2D eigenvalue weighted by molar-refractivity contribution is 6.31. The summed E-state index contributed by atoms with van der Waals surface area (Å²) >= 11 is 6.24. The number of carbonyl (C=O) groups is 1. The first-order chi connectivity index (χ1) is 17.5. The molecule has 1 aliphatic rings. The Labute approximate surface area is 213 Å². The van der Waals surface area contributed by atoms with Crippen molar-refractivity contribution in [1.29, 1.82) is 0 Å². The van der Waals surface area contributed by atoms with Crippen molar-refractivity contribution in [3.05, 3.63) is 107 Å². The molecule has 0 radical (unpaired) electrons. The van der Waals surface area contributed by atoms with E-state index in [2.05, 4.69) is 20.7 Å². The van der Waals surface area contributed by atoms with E-state index in [1.165, 1.54) is 6.33 Å². The Hall–Kier alpha value is -4.30. The van der Waals surface area contributed by atoms with Crippen molar-refractivity contribution in [3.63, 3.8) is 0 Å². The van der Waals surface area contributed by atoms with Gasteiger partial charge in [-0.05, 0) is 55.0 Å². The van der Waals surface area contributed by atoms with Gasteiger partial charge in [0.05, 0.1) is 12.7 Å². The highest BCUT2D eigenvalue weighted by Gasteiger charge is 2.33. The lowest BCUT2D eigenvalue weighted by atomic mass is 9.95. The average Bonchev–Trinajstić information content (AvgIpc) is 3.36. The molecule has 3 aromatic carbocycles. The van der Waals surface area contributed by atoms with Gasteiger partial charge in [0.2, 0.25) is 5.95 Å². The Morgan fingerprint density at radius 2 is 1.78 bits per heavy atom. The first-order valence-corrected chi connectivity index (χ1v) is 11.7. The maximum atomic E-state index is 13.5. The number of benzene rings is 3. The van der Waals surface area contributed by atoms with Gasteiger partial charge in [-0.1, -0.05) is 41.9 Å². The zero-order valence-electron chi connectivity index (χ0n) is 19.7. The molecule has 8 nitrogen and oxygen atoms in total. The summed E-state index contributed by atoms with van der Waals surface area (Å²) in [5.74, 6) is 1.73. The maximum absolute atomic E-state index is 13.5. The molecule has 1 amide bonds. The number of ether oxygens (including phenoxy) is 2. The fourth-order valence-corrected chi connectivity index (χ4v) is 4.28. The molecule has 36 heavy (non-hydrogen) atoms. The van der Waals surface area contributed by atoms with Gasteiger partial charge >= 0.3 is 0 Å². The second-order valence-electron chi connectivity index (χ2n) is 8.23. The van der Waals surface area contributed by atoms with E-state index in [9.17, 15) is 4.79 Å². The standard InChI is InChI=1S/C27H24ClN5O3/c1-17-24(26(34)32-20-9-13-21(35-2)14-10-20)25(33-27(31-17)29-16-30-33)18-7-11-22(12-8-18)36-15-19-5-3-4-6-23(19)28/h3-14,16,25H,15H2,1-2H3,(H,32,34)(H,29,30,31)/t25-/m1/s1. The lowest BCUT2D eigenvalue weighted by molar-refractivity contribution is -0.113. The molecule has 0 saturated heterocycles. The molecular weight excluding hydrogens is 478 g/mol. The van der Waals surface area contributed by atoms with Gasteiger partial charge < -0.3 is 20.1 Å². The Bertz CT molecular complexity index is 1410. The van der Waals surface area contributed by atoms with Crippen LogP contribution in [0.15, 0.2) is 90.4 Å². The predicted octanol–water partition coefficient (Wildman–Crippen LogP) is 5.45. The van der Waals surface area contributed by atoms with Crippen LogP contribution in [0.5, 0.6) is 11.5 Å². The van der Waals surface area contributed by atoms with Crippen molar-refractivity contribution >= 4 is 29.1 Å². The third-order valence-electron chi connectivity index (χ3n) is 5.93. The molecule has 1 atom stereocenters. The van der Waals surface area contributed by atoms with E-state index in [1.807, 2.05) is 55.5 Å². The molecule has 0 fully saturated rings. The summed E-state index contributed by atoms with van der Waals surface area (Å²) in [5, 5.41) is 11.2. The van der Waals surface area contributed by atoms with Gasteiger partial charge in [-0.25, -0.2) is 4.68 Å². The summed E-state index contributed by atoms with van der Waals surface area (Å²) in [6.07, 6.45) is 1.47. The molecule has 0 bridgehead atoms. The minimum atomic E-state index is -0.473. The summed E-state index contributed by atoms with van der Waals surface area (Å²) < 4.78 is 12.8. The van der Waals surface area contributed by atoms with E-state index in [4.69, 9.17) is 21.1 Å². The summed E-state index contributed by atoms with van der Waals surface area (Å²) in [6, 6.07) is 21.9. The first kappa shape index (κ1) is 23.4.